The van der Waals surface area contributed by atoms with Crippen LogP contribution in [-0.4, -0.2) is 16.8 Å². The number of likely N-dealkylation sites (N-methyl/N-ethyl adjacent to an activating group) is 1. The number of hydrogen-bond donors (Lipinski definition) is 1. The van der Waals surface area contributed by atoms with E-state index < -0.39 is 0 Å². The van der Waals surface area contributed by atoms with Gasteiger partial charge in [-0.1, -0.05) is 24.6 Å². The number of halogens is 2. The number of hydrogen-bond acceptors (Lipinski definition) is 2. The second kappa shape index (κ2) is 6.58. The summed E-state index contributed by atoms with van der Waals surface area (Å²) in [5, 5.41) is 8.40. The topological polar surface area (TPSA) is 29.9 Å². The van der Waals surface area contributed by atoms with Gasteiger partial charge >= 0.3 is 0 Å². The van der Waals surface area contributed by atoms with E-state index in [1.165, 1.54) is 6.07 Å². The number of aryl methyl sites for hydroxylation is 3. The lowest BCUT2D eigenvalue weighted by atomic mass is 9.97. The largest absolute Gasteiger partial charge is 0.313 e. The molecule has 0 spiro atoms. The molecular weight excluding hydrogens is 289 g/mol. The van der Waals surface area contributed by atoms with Crippen molar-refractivity contribution in [3.05, 3.63) is 51.6 Å². The van der Waals surface area contributed by atoms with Gasteiger partial charge in [0.2, 0.25) is 0 Å². The summed E-state index contributed by atoms with van der Waals surface area (Å²) in [5.74, 6) is -0.221. The Balaban J connectivity index is 2.36. The minimum absolute atomic E-state index is 0.00157. The van der Waals surface area contributed by atoms with Crippen LogP contribution in [0.25, 0.3) is 0 Å². The Bertz CT molecular complexity index is 637. The van der Waals surface area contributed by atoms with Crippen LogP contribution >= 0.6 is 11.6 Å². The van der Waals surface area contributed by atoms with E-state index in [0.717, 1.165) is 28.9 Å². The lowest BCUT2D eigenvalue weighted by molar-refractivity contribution is 0.551. The molecule has 1 heterocycles. The van der Waals surface area contributed by atoms with Crippen LogP contribution in [0.15, 0.2) is 18.2 Å². The van der Waals surface area contributed by atoms with Crippen LogP contribution in [-0.2, 0) is 19.9 Å². The molecule has 0 bridgehead atoms. The second-order valence-electron chi connectivity index (χ2n) is 5.23. The van der Waals surface area contributed by atoms with Gasteiger partial charge < -0.3 is 5.32 Å². The summed E-state index contributed by atoms with van der Waals surface area (Å²) in [6.07, 6.45) is 1.47. The van der Waals surface area contributed by atoms with Crippen LogP contribution in [0.1, 0.15) is 35.5 Å². The molecule has 2 aromatic rings. The van der Waals surface area contributed by atoms with Crippen molar-refractivity contribution in [3.8, 4) is 0 Å². The Kier molecular flexibility index (Phi) is 5.01. The highest BCUT2D eigenvalue weighted by Crippen LogP contribution is 2.28. The number of nitrogens with one attached hydrogen (secondary N) is 1. The lowest BCUT2D eigenvalue weighted by Gasteiger charge is -2.19. The fourth-order valence-electron chi connectivity index (χ4n) is 2.59. The molecule has 0 radical (unpaired) electrons. The first-order chi connectivity index (χ1) is 9.97. The number of nitrogens with zero attached hydrogens (tertiary/aromatic N) is 2. The quantitative estimate of drug-likeness (QED) is 0.915. The van der Waals surface area contributed by atoms with E-state index in [-0.39, 0.29) is 11.9 Å². The SMILES string of the molecule is CCc1nn(C)c(CC(NC)c2cc(F)ccc2C)c1Cl. The summed E-state index contributed by atoms with van der Waals surface area (Å²) in [5.41, 5.74) is 3.88. The maximum absolute atomic E-state index is 13.5. The van der Waals surface area contributed by atoms with Crippen molar-refractivity contribution in [2.24, 2.45) is 7.05 Å². The van der Waals surface area contributed by atoms with Crippen LogP contribution in [0.4, 0.5) is 4.39 Å². The minimum atomic E-state index is -0.221. The Morgan fingerprint density at radius 3 is 2.71 bits per heavy atom. The summed E-state index contributed by atoms with van der Waals surface area (Å²) in [6.45, 7) is 4.02. The maximum atomic E-state index is 13.5. The van der Waals surface area contributed by atoms with Gasteiger partial charge in [0, 0.05) is 19.5 Å². The zero-order valence-electron chi connectivity index (χ0n) is 12.9. The molecule has 21 heavy (non-hydrogen) atoms. The summed E-state index contributed by atoms with van der Waals surface area (Å²) in [7, 11) is 3.77. The molecule has 0 saturated carbocycles. The van der Waals surface area contributed by atoms with Gasteiger partial charge in [-0.2, -0.15) is 5.10 Å². The van der Waals surface area contributed by atoms with E-state index >= 15 is 0 Å². The lowest BCUT2D eigenvalue weighted by Crippen LogP contribution is -2.21. The van der Waals surface area contributed by atoms with Crippen LogP contribution in [0.5, 0.6) is 0 Å². The third-order valence-corrected chi connectivity index (χ3v) is 4.30. The van der Waals surface area contributed by atoms with E-state index in [1.807, 2.05) is 32.6 Å². The van der Waals surface area contributed by atoms with E-state index in [2.05, 4.69) is 10.4 Å². The molecule has 1 aromatic carbocycles. The molecule has 5 heteroatoms. The molecular formula is C16H21ClFN3. The van der Waals surface area contributed by atoms with Crippen molar-refractivity contribution in [3.63, 3.8) is 0 Å². The molecule has 1 unspecified atom stereocenters. The fraction of sp³-hybridized carbons (Fsp3) is 0.438. The van der Waals surface area contributed by atoms with Gasteiger partial charge in [-0.15, -0.1) is 0 Å². The van der Waals surface area contributed by atoms with Gasteiger partial charge in [0.25, 0.3) is 0 Å². The molecule has 1 N–H and O–H groups in total. The minimum Gasteiger partial charge on any atom is -0.313 e. The Morgan fingerprint density at radius 1 is 1.43 bits per heavy atom. The summed E-state index contributed by atoms with van der Waals surface area (Å²) < 4.78 is 15.3. The van der Waals surface area contributed by atoms with Gasteiger partial charge in [-0.05, 0) is 43.7 Å². The molecule has 1 atom stereocenters. The van der Waals surface area contributed by atoms with Crippen molar-refractivity contribution in [1.82, 2.24) is 15.1 Å². The Hall–Kier alpha value is -1.39. The van der Waals surface area contributed by atoms with E-state index in [0.29, 0.717) is 11.4 Å². The third-order valence-electron chi connectivity index (χ3n) is 3.87. The van der Waals surface area contributed by atoms with E-state index in [4.69, 9.17) is 11.6 Å². The number of aromatic nitrogens is 2. The monoisotopic (exact) mass is 309 g/mol. The normalized spacial score (nSPS) is 12.7. The average Bonchev–Trinajstić information content (AvgIpc) is 2.74. The first-order valence-corrected chi connectivity index (χ1v) is 7.49. The molecule has 0 aliphatic heterocycles. The highest BCUT2D eigenvalue weighted by molar-refractivity contribution is 6.31. The molecule has 0 amide bonds. The van der Waals surface area contributed by atoms with Crippen LogP contribution in [0.3, 0.4) is 0 Å². The third kappa shape index (κ3) is 3.27. The van der Waals surface area contributed by atoms with Gasteiger partial charge in [0.15, 0.2) is 0 Å². The molecule has 2 rings (SSSR count). The van der Waals surface area contributed by atoms with Gasteiger partial charge in [0.1, 0.15) is 5.82 Å². The Morgan fingerprint density at radius 2 is 2.14 bits per heavy atom. The zero-order chi connectivity index (χ0) is 15.6. The second-order valence-corrected chi connectivity index (χ2v) is 5.61. The molecule has 114 valence electrons. The Labute approximate surface area is 130 Å². The van der Waals surface area contributed by atoms with Crippen LogP contribution < -0.4 is 5.32 Å². The molecule has 3 nitrogen and oxygen atoms in total. The summed E-state index contributed by atoms with van der Waals surface area (Å²) in [4.78, 5) is 0. The van der Waals surface area contributed by atoms with Crippen molar-refractivity contribution in [2.45, 2.75) is 32.7 Å². The average molecular weight is 310 g/mol. The summed E-state index contributed by atoms with van der Waals surface area (Å²) in [6, 6.07) is 4.87. The standard InChI is InChI=1S/C16H21ClFN3/c1-5-13-16(17)15(21(4)20-13)9-14(19-3)12-8-11(18)7-6-10(12)2/h6-8,14,19H,5,9H2,1-4H3. The number of benzene rings is 1. The fourth-order valence-corrected chi connectivity index (χ4v) is 2.96. The maximum Gasteiger partial charge on any atom is 0.123 e. The van der Waals surface area contributed by atoms with Crippen molar-refractivity contribution in [1.29, 1.82) is 0 Å². The summed E-state index contributed by atoms with van der Waals surface area (Å²) >= 11 is 6.40. The molecule has 1 aromatic heterocycles. The van der Waals surface area contributed by atoms with E-state index in [9.17, 15) is 4.39 Å². The predicted molar refractivity (Wildman–Crippen MR) is 84.2 cm³/mol. The molecule has 0 fully saturated rings. The van der Waals surface area contributed by atoms with Crippen LogP contribution in [0.2, 0.25) is 5.02 Å². The zero-order valence-corrected chi connectivity index (χ0v) is 13.6. The smallest absolute Gasteiger partial charge is 0.123 e. The first-order valence-electron chi connectivity index (χ1n) is 7.11. The molecule has 0 saturated heterocycles. The molecule has 0 aliphatic carbocycles. The van der Waals surface area contributed by atoms with Crippen LogP contribution in [0, 0.1) is 12.7 Å². The van der Waals surface area contributed by atoms with Crippen molar-refractivity contribution >= 4 is 11.6 Å². The highest BCUT2D eigenvalue weighted by Gasteiger charge is 2.19. The van der Waals surface area contributed by atoms with E-state index in [1.54, 1.807) is 12.1 Å². The predicted octanol–water partition coefficient (Wildman–Crippen LogP) is 3.59. The van der Waals surface area contributed by atoms with Crippen molar-refractivity contribution < 1.29 is 4.39 Å². The van der Waals surface area contributed by atoms with Gasteiger partial charge in [-0.3, -0.25) is 4.68 Å². The molecule has 0 aliphatic rings. The first kappa shape index (κ1) is 16.0. The van der Waals surface area contributed by atoms with Crippen molar-refractivity contribution in [2.75, 3.05) is 7.05 Å². The highest BCUT2D eigenvalue weighted by atomic mass is 35.5. The number of rotatable bonds is 5. The van der Waals surface area contributed by atoms with Gasteiger partial charge in [0.05, 0.1) is 16.4 Å². The van der Waals surface area contributed by atoms with Gasteiger partial charge in [-0.25, -0.2) is 4.39 Å².